The molecule has 2 N–H and O–H groups in total. The average Bonchev–Trinajstić information content (AvgIpc) is 2.45. The first-order valence-electron chi connectivity index (χ1n) is 7.31. The number of alkyl halides is 3. The van der Waals surface area contributed by atoms with Crippen molar-refractivity contribution in [1.82, 2.24) is 0 Å². The van der Waals surface area contributed by atoms with Crippen LogP contribution in [0.4, 0.5) is 13.2 Å². The Morgan fingerprint density at radius 3 is 2.52 bits per heavy atom. The second kappa shape index (κ2) is 6.26. The summed E-state index contributed by atoms with van der Waals surface area (Å²) in [6.07, 6.45) is -1.33. The molecule has 2 nitrogen and oxygen atoms in total. The summed E-state index contributed by atoms with van der Waals surface area (Å²) in [5, 5.41) is 0. The number of rotatable bonds is 4. The highest BCUT2D eigenvalue weighted by molar-refractivity contribution is 5.27. The predicted molar refractivity (Wildman–Crippen MR) is 76.2 cm³/mol. The van der Waals surface area contributed by atoms with E-state index in [-0.39, 0.29) is 12.8 Å². The van der Waals surface area contributed by atoms with Gasteiger partial charge in [0.1, 0.15) is 5.75 Å². The molecule has 0 radical (unpaired) electrons. The second-order valence-electron chi connectivity index (χ2n) is 6.05. The lowest BCUT2D eigenvalue weighted by Crippen LogP contribution is -2.47. The molecule has 1 fully saturated rings. The van der Waals surface area contributed by atoms with Gasteiger partial charge in [0.05, 0.1) is 13.0 Å². The Labute approximate surface area is 123 Å². The van der Waals surface area contributed by atoms with Crippen LogP contribution < -0.4 is 10.5 Å². The minimum atomic E-state index is -4.12. The van der Waals surface area contributed by atoms with Crippen molar-refractivity contribution in [2.75, 3.05) is 7.11 Å². The van der Waals surface area contributed by atoms with Crippen molar-refractivity contribution >= 4 is 0 Å². The van der Waals surface area contributed by atoms with E-state index in [1.807, 2.05) is 24.3 Å². The fraction of sp³-hybridized carbons (Fsp3) is 0.625. The Morgan fingerprint density at radius 1 is 1.29 bits per heavy atom. The summed E-state index contributed by atoms with van der Waals surface area (Å²) in [6, 6.07) is 7.59. The number of aryl methyl sites for hydroxylation is 1. The third kappa shape index (κ3) is 4.37. The van der Waals surface area contributed by atoms with E-state index < -0.39 is 17.6 Å². The molecule has 21 heavy (non-hydrogen) atoms. The van der Waals surface area contributed by atoms with E-state index in [9.17, 15) is 13.2 Å². The van der Waals surface area contributed by atoms with Gasteiger partial charge in [-0.15, -0.1) is 0 Å². The minimum Gasteiger partial charge on any atom is -0.497 e. The van der Waals surface area contributed by atoms with Crippen LogP contribution in [-0.2, 0) is 6.42 Å². The Balaban J connectivity index is 1.94. The molecule has 1 aromatic carbocycles. The first-order valence-corrected chi connectivity index (χ1v) is 7.31. The van der Waals surface area contributed by atoms with Gasteiger partial charge in [0, 0.05) is 5.54 Å². The van der Waals surface area contributed by atoms with Gasteiger partial charge in [-0.1, -0.05) is 18.6 Å². The van der Waals surface area contributed by atoms with Crippen molar-refractivity contribution < 1.29 is 17.9 Å². The number of methoxy groups -OCH3 is 1. The molecule has 5 heteroatoms. The summed E-state index contributed by atoms with van der Waals surface area (Å²) in [5.74, 6) is -0.469. The fourth-order valence-electron chi connectivity index (χ4n) is 3.09. The third-order valence-corrected chi connectivity index (χ3v) is 4.41. The maximum absolute atomic E-state index is 12.9. The van der Waals surface area contributed by atoms with Gasteiger partial charge in [-0.3, -0.25) is 0 Å². The number of benzene rings is 1. The quantitative estimate of drug-likeness (QED) is 0.909. The normalized spacial score (nSPS) is 26.6. The minimum absolute atomic E-state index is 0.0483. The topological polar surface area (TPSA) is 35.2 Å². The van der Waals surface area contributed by atoms with Crippen molar-refractivity contribution in [2.45, 2.75) is 50.2 Å². The molecular formula is C16H22F3NO. The van der Waals surface area contributed by atoms with Crippen LogP contribution in [0, 0.1) is 5.92 Å². The number of hydrogen-bond acceptors (Lipinski definition) is 2. The molecule has 0 spiro atoms. The largest absolute Gasteiger partial charge is 0.497 e. The Bertz CT molecular complexity index is 458. The van der Waals surface area contributed by atoms with E-state index >= 15 is 0 Å². The molecular weight excluding hydrogens is 279 g/mol. The molecule has 118 valence electrons. The van der Waals surface area contributed by atoms with E-state index in [4.69, 9.17) is 10.5 Å². The molecule has 0 heterocycles. The van der Waals surface area contributed by atoms with Gasteiger partial charge >= 0.3 is 6.18 Å². The highest BCUT2D eigenvalue weighted by Crippen LogP contribution is 2.42. The molecule has 0 aromatic heterocycles. The van der Waals surface area contributed by atoms with E-state index in [1.165, 1.54) is 0 Å². The third-order valence-electron chi connectivity index (χ3n) is 4.41. The van der Waals surface area contributed by atoms with Crippen molar-refractivity contribution in [2.24, 2.45) is 11.7 Å². The number of hydrogen-bond donors (Lipinski definition) is 1. The van der Waals surface area contributed by atoms with Crippen LogP contribution in [-0.4, -0.2) is 18.8 Å². The average molecular weight is 301 g/mol. The van der Waals surface area contributed by atoms with Gasteiger partial charge in [-0.05, 0) is 49.8 Å². The smallest absolute Gasteiger partial charge is 0.391 e. The van der Waals surface area contributed by atoms with Crippen molar-refractivity contribution in [3.8, 4) is 5.75 Å². The van der Waals surface area contributed by atoms with Crippen LogP contribution in [0.15, 0.2) is 24.3 Å². The molecule has 1 aliphatic carbocycles. The van der Waals surface area contributed by atoms with Crippen LogP contribution in [0.3, 0.4) is 0 Å². The van der Waals surface area contributed by atoms with Gasteiger partial charge in [0.25, 0.3) is 0 Å². The Morgan fingerprint density at radius 2 is 1.95 bits per heavy atom. The number of ether oxygens (including phenoxy) is 1. The fourth-order valence-corrected chi connectivity index (χ4v) is 3.09. The van der Waals surface area contributed by atoms with E-state index in [0.29, 0.717) is 25.7 Å². The molecule has 1 aliphatic rings. The summed E-state index contributed by atoms with van der Waals surface area (Å²) < 4.78 is 43.7. The van der Waals surface area contributed by atoms with E-state index in [2.05, 4.69) is 0 Å². The SMILES string of the molecule is COc1ccc(CCC2(N)CCCC(C(F)(F)F)C2)cc1. The zero-order valence-corrected chi connectivity index (χ0v) is 12.2. The lowest BCUT2D eigenvalue weighted by Gasteiger charge is -2.39. The molecule has 0 bridgehead atoms. The maximum atomic E-state index is 12.9. The molecule has 0 amide bonds. The van der Waals surface area contributed by atoms with E-state index in [0.717, 1.165) is 11.3 Å². The van der Waals surface area contributed by atoms with Gasteiger partial charge in [0.2, 0.25) is 0 Å². The first kappa shape index (κ1) is 16.1. The first-order chi connectivity index (χ1) is 9.82. The monoisotopic (exact) mass is 301 g/mol. The van der Waals surface area contributed by atoms with Gasteiger partial charge in [-0.25, -0.2) is 0 Å². The Kier molecular flexibility index (Phi) is 4.81. The molecule has 2 atom stereocenters. The van der Waals surface area contributed by atoms with Gasteiger partial charge in [0.15, 0.2) is 0 Å². The summed E-state index contributed by atoms with van der Waals surface area (Å²) in [5.41, 5.74) is 6.61. The summed E-state index contributed by atoms with van der Waals surface area (Å²) >= 11 is 0. The predicted octanol–water partition coefficient (Wildman–Crippen LogP) is 4.08. The Hall–Kier alpha value is -1.23. The van der Waals surface area contributed by atoms with Crippen molar-refractivity contribution in [3.05, 3.63) is 29.8 Å². The van der Waals surface area contributed by atoms with Gasteiger partial charge in [-0.2, -0.15) is 13.2 Å². The van der Waals surface area contributed by atoms with Crippen molar-refractivity contribution in [3.63, 3.8) is 0 Å². The zero-order valence-electron chi connectivity index (χ0n) is 12.2. The molecule has 2 unspecified atom stereocenters. The summed E-state index contributed by atoms with van der Waals surface area (Å²) in [7, 11) is 1.60. The highest BCUT2D eigenvalue weighted by atomic mass is 19.4. The van der Waals surface area contributed by atoms with Gasteiger partial charge < -0.3 is 10.5 Å². The summed E-state index contributed by atoms with van der Waals surface area (Å²) in [6.45, 7) is 0. The molecule has 2 rings (SSSR count). The lowest BCUT2D eigenvalue weighted by molar-refractivity contribution is -0.187. The van der Waals surface area contributed by atoms with Crippen LogP contribution >= 0.6 is 0 Å². The highest BCUT2D eigenvalue weighted by Gasteiger charge is 2.45. The molecule has 1 aromatic rings. The van der Waals surface area contributed by atoms with E-state index in [1.54, 1.807) is 7.11 Å². The molecule has 1 saturated carbocycles. The van der Waals surface area contributed by atoms with Crippen LogP contribution in [0.2, 0.25) is 0 Å². The molecule has 0 saturated heterocycles. The number of halogens is 3. The van der Waals surface area contributed by atoms with Crippen molar-refractivity contribution in [1.29, 1.82) is 0 Å². The standard InChI is InChI=1S/C16H22F3NO/c1-21-14-6-4-12(5-7-14)8-10-15(20)9-2-3-13(11-15)16(17,18)19/h4-7,13H,2-3,8-11,20H2,1H3. The van der Waals surface area contributed by atoms with Crippen LogP contribution in [0.25, 0.3) is 0 Å². The van der Waals surface area contributed by atoms with Crippen LogP contribution in [0.5, 0.6) is 5.75 Å². The maximum Gasteiger partial charge on any atom is 0.391 e. The zero-order chi connectivity index (χ0) is 15.5. The molecule has 0 aliphatic heterocycles. The number of nitrogens with two attached hydrogens (primary N) is 1. The van der Waals surface area contributed by atoms with Crippen LogP contribution in [0.1, 0.15) is 37.7 Å². The lowest BCUT2D eigenvalue weighted by atomic mass is 9.73. The second-order valence-corrected chi connectivity index (χ2v) is 6.05. The summed E-state index contributed by atoms with van der Waals surface area (Å²) in [4.78, 5) is 0.